The van der Waals surface area contributed by atoms with Crippen LogP contribution in [0.3, 0.4) is 0 Å². The van der Waals surface area contributed by atoms with Crippen LogP contribution >= 0.6 is 0 Å². The van der Waals surface area contributed by atoms with Gasteiger partial charge in [-0.25, -0.2) is 4.98 Å². The Morgan fingerprint density at radius 3 is 2.82 bits per heavy atom. The number of nitrogens with two attached hydrogens (primary N) is 1. The maximum absolute atomic E-state index is 5.54. The molecule has 0 unspecified atom stereocenters. The summed E-state index contributed by atoms with van der Waals surface area (Å²) in [4.78, 5) is 14.0. The molecule has 0 radical (unpaired) electrons. The lowest BCUT2D eigenvalue weighted by Gasteiger charge is -2.09. The summed E-state index contributed by atoms with van der Waals surface area (Å²) in [6.07, 6.45) is 2.82. The van der Waals surface area contributed by atoms with E-state index in [9.17, 15) is 0 Å². The monoisotopic (exact) mass is 300 g/mol. The molecular formula is C16H20N4O2. The van der Waals surface area contributed by atoms with E-state index in [2.05, 4.69) is 21.5 Å². The van der Waals surface area contributed by atoms with Gasteiger partial charge in [0.1, 0.15) is 23.7 Å². The quantitative estimate of drug-likeness (QED) is 0.708. The molecule has 0 aliphatic heterocycles. The van der Waals surface area contributed by atoms with Gasteiger partial charge in [0.15, 0.2) is 0 Å². The van der Waals surface area contributed by atoms with E-state index in [0.29, 0.717) is 19.0 Å². The number of aromatic nitrogens is 3. The average molecular weight is 300 g/mol. The summed E-state index contributed by atoms with van der Waals surface area (Å²) in [6.45, 7) is 6.17. The van der Waals surface area contributed by atoms with Crippen LogP contribution in [0.1, 0.15) is 26.1 Å². The molecule has 3 aromatic rings. The molecule has 6 heteroatoms. The second-order valence-corrected chi connectivity index (χ2v) is 5.11. The van der Waals surface area contributed by atoms with Gasteiger partial charge in [-0.05, 0) is 31.5 Å². The Hall–Kier alpha value is -2.18. The van der Waals surface area contributed by atoms with E-state index in [0.717, 1.165) is 40.7 Å². The van der Waals surface area contributed by atoms with Gasteiger partial charge in [0.25, 0.3) is 0 Å². The number of hydrogen-bond acceptors (Lipinski definition) is 5. The van der Waals surface area contributed by atoms with Crippen molar-refractivity contribution in [2.75, 3.05) is 6.61 Å². The van der Waals surface area contributed by atoms with Crippen LogP contribution in [0.5, 0.6) is 5.75 Å². The largest absolute Gasteiger partial charge is 0.412 e. The van der Waals surface area contributed by atoms with Gasteiger partial charge in [0.2, 0.25) is 0 Å². The van der Waals surface area contributed by atoms with Crippen molar-refractivity contribution < 1.29 is 9.57 Å². The molecule has 6 nitrogen and oxygen atoms in total. The van der Waals surface area contributed by atoms with Gasteiger partial charge in [-0.3, -0.25) is 4.98 Å². The van der Waals surface area contributed by atoms with Crippen molar-refractivity contribution in [3.8, 4) is 5.75 Å². The van der Waals surface area contributed by atoms with E-state index in [4.69, 9.17) is 15.5 Å². The number of imidazole rings is 1. The van der Waals surface area contributed by atoms with Crippen molar-refractivity contribution in [1.29, 1.82) is 0 Å². The molecule has 0 spiro atoms. The Morgan fingerprint density at radius 2 is 2.09 bits per heavy atom. The zero-order chi connectivity index (χ0) is 15.5. The summed E-state index contributed by atoms with van der Waals surface area (Å²) in [5, 5.41) is 0.990. The van der Waals surface area contributed by atoms with E-state index in [1.807, 2.05) is 31.3 Å². The van der Waals surface area contributed by atoms with Crippen molar-refractivity contribution in [3.63, 3.8) is 0 Å². The lowest BCUT2D eigenvalue weighted by atomic mass is 10.2. The van der Waals surface area contributed by atoms with Gasteiger partial charge < -0.3 is 14.1 Å². The van der Waals surface area contributed by atoms with Crippen LogP contribution in [0.4, 0.5) is 0 Å². The number of rotatable bonds is 6. The molecule has 0 aliphatic rings. The molecule has 0 atom stereocenters. The van der Waals surface area contributed by atoms with Crippen molar-refractivity contribution in [2.45, 2.75) is 33.4 Å². The Balaban J connectivity index is 2.27. The molecular weight excluding hydrogens is 280 g/mol. The third-order valence-electron chi connectivity index (χ3n) is 3.64. The standard InChI is InChI=1S/C16H20N4O2/c1-3-7-20-15(10-21-4-2)19-14-9-18-13-6-5-11(22-17)8-12(13)16(14)20/h5-6,8-9H,3-4,7,10,17H2,1-2H3. The molecule has 0 amide bonds. The number of hydrogen-bond donors (Lipinski definition) is 1. The lowest BCUT2D eigenvalue weighted by Crippen LogP contribution is -2.06. The van der Waals surface area contributed by atoms with Crippen molar-refractivity contribution in [1.82, 2.24) is 14.5 Å². The molecule has 116 valence electrons. The maximum Gasteiger partial charge on any atom is 0.147 e. The van der Waals surface area contributed by atoms with Crippen LogP contribution in [0.25, 0.3) is 21.9 Å². The molecule has 2 heterocycles. The minimum Gasteiger partial charge on any atom is -0.412 e. The first-order valence-electron chi connectivity index (χ1n) is 7.50. The highest BCUT2D eigenvalue weighted by atomic mass is 16.6. The highest BCUT2D eigenvalue weighted by Crippen LogP contribution is 2.28. The van der Waals surface area contributed by atoms with Gasteiger partial charge in [-0.2, -0.15) is 5.90 Å². The highest BCUT2D eigenvalue weighted by Gasteiger charge is 2.14. The minimum absolute atomic E-state index is 0.500. The van der Waals surface area contributed by atoms with Crippen LogP contribution in [0, 0.1) is 0 Å². The fraction of sp³-hybridized carbons (Fsp3) is 0.375. The Bertz CT molecular complexity index is 798. The van der Waals surface area contributed by atoms with E-state index in [-0.39, 0.29) is 0 Å². The molecule has 2 N–H and O–H groups in total. The molecule has 1 aromatic carbocycles. The van der Waals surface area contributed by atoms with Crippen LogP contribution in [0.2, 0.25) is 0 Å². The average Bonchev–Trinajstić information content (AvgIpc) is 2.91. The Kier molecular flexibility index (Phi) is 4.22. The van der Waals surface area contributed by atoms with Gasteiger partial charge in [0.05, 0.1) is 17.2 Å². The number of benzene rings is 1. The lowest BCUT2D eigenvalue weighted by molar-refractivity contribution is 0.126. The summed E-state index contributed by atoms with van der Waals surface area (Å²) in [5.74, 6) is 6.82. The number of aryl methyl sites for hydroxylation is 1. The third kappa shape index (κ3) is 2.51. The fourth-order valence-corrected chi connectivity index (χ4v) is 2.68. The summed E-state index contributed by atoms with van der Waals surface area (Å²) in [7, 11) is 0. The van der Waals surface area contributed by atoms with E-state index in [1.165, 1.54) is 0 Å². The minimum atomic E-state index is 0.500. The first-order chi connectivity index (χ1) is 10.8. The van der Waals surface area contributed by atoms with Crippen molar-refractivity contribution >= 4 is 21.9 Å². The SMILES string of the molecule is CCCn1c(COCC)nc2cnc3ccc(ON)cc3c21. The summed E-state index contributed by atoms with van der Waals surface area (Å²) >= 11 is 0. The number of ether oxygens (including phenoxy) is 1. The van der Waals surface area contributed by atoms with Crippen molar-refractivity contribution in [3.05, 3.63) is 30.2 Å². The molecule has 0 fully saturated rings. The van der Waals surface area contributed by atoms with Crippen LogP contribution in [-0.4, -0.2) is 21.1 Å². The topological polar surface area (TPSA) is 75.2 Å². The Morgan fingerprint density at radius 1 is 1.23 bits per heavy atom. The second-order valence-electron chi connectivity index (χ2n) is 5.11. The highest BCUT2D eigenvalue weighted by molar-refractivity contribution is 6.02. The zero-order valence-corrected chi connectivity index (χ0v) is 12.9. The molecule has 2 aromatic heterocycles. The van der Waals surface area contributed by atoms with Gasteiger partial charge in [-0.15, -0.1) is 0 Å². The summed E-state index contributed by atoms with van der Waals surface area (Å²) in [5.41, 5.74) is 2.82. The Labute approximate surface area is 128 Å². The van der Waals surface area contributed by atoms with E-state index >= 15 is 0 Å². The van der Waals surface area contributed by atoms with Crippen LogP contribution < -0.4 is 10.7 Å². The van der Waals surface area contributed by atoms with E-state index in [1.54, 1.807) is 0 Å². The first kappa shape index (κ1) is 14.7. The summed E-state index contributed by atoms with van der Waals surface area (Å²) < 4.78 is 7.75. The third-order valence-corrected chi connectivity index (χ3v) is 3.64. The predicted molar refractivity (Wildman–Crippen MR) is 85.5 cm³/mol. The number of pyridine rings is 1. The number of nitrogens with zero attached hydrogens (tertiary/aromatic N) is 3. The summed E-state index contributed by atoms with van der Waals surface area (Å²) in [6, 6.07) is 5.62. The van der Waals surface area contributed by atoms with Gasteiger partial charge >= 0.3 is 0 Å². The first-order valence-corrected chi connectivity index (χ1v) is 7.50. The molecule has 0 bridgehead atoms. The van der Waals surface area contributed by atoms with Crippen LogP contribution in [0.15, 0.2) is 24.4 Å². The number of fused-ring (bicyclic) bond motifs is 3. The molecule has 22 heavy (non-hydrogen) atoms. The normalized spacial score (nSPS) is 11.4. The van der Waals surface area contributed by atoms with E-state index < -0.39 is 0 Å². The smallest absolute Gasteiger partial charge is 0.147 e. The van der Waals surface area contributed by atoms with Crippen molar-refractivity contribution in [2.24, 2.45) is 5.90 Å². The molecule has 0 aliphatic carbocycles. The maximum atomic E-state index is 5.54. The zero-order valence-electron chi connectivity index (χ0n) is 12.9. The second kappa shape index (κ2) is 6.29. The van der Waals surface area contributed by atoms with Gasteiger partial charge in [-0.1, -0.05) is 6.92 Å². The molecule has 0 saturated carbocycles. The predicted octanol–water partition coefficient (Wildman–Crippen LogP) is 2.78. The van der Waals surface area contributed by atoms with Gasteiger partial charge in [0, 0.05) is 18.5 Å². The fourth-order valence-electron chi connectivity index (χ4n) is 2.68. The van der Waals surface area contributed by atoms with Crippen LogP contribution in [-0.2, 0) is 17.9 Å². The molecule has 0 saturated heterocycles. The molecule has 3 rings (SSSR count).